The van der Waals surface area contributed by atoms with E-state index >= 15 is 0 Å². The molecule has 0 aliphatic carbocycles. The van der Waals surface area contributed by atoms with Crippen molar-refractivity contribution in [2.24, 2.45) is 0 Å². The van der Waals surface area contributed by atoms with Gasteiger partial charge < -0.3 is 0 Å². The van der Waals surface area contributed by atoms with Gasteiger partial charge in [0.1, 0.15) is 0 Å². The minimum Gasteiger partial charge on any atom is -0.0952 e. The topological polar surface area (TPSA) is 0 Å². The Morgan fingerprint density at radius 1 is 1.29 bits per heavy atom. The van der Waals surface area contributed by atoms with Crippen molar-refractivity contribution in [3.8, 4) is 0 Å². The van der Waals surface area contributed by atoms with Gasteiger partial charge in [-0.2, -0.15) is 0 Å². The minimum atomic E-state index is 1.13. The predicted molar refractivity (Wildman–Crippen MR) is 65.7 cm³/mol. The van der Waals surface area contributed by atoms with Crippen molar-refractivity contribution in [3.05, 3.63) is 41.3 Å². The van der Waals surface area contributed by atoms with Crippen LogP contribution in [0.5, 0.6) is 0 Å². The van der Waals surface area contributed by atoms with Crippen LogP contribution in [0.2, 0.25) is 0 Å². The molecule has 0 radical (unpaired) electrons. The molecular weight excluding hydrogens is 188 g/mol. The van der Waals surface area contributed by atoms with E-state index in [0.717, 1.165) is 6.42 Å². The fraction of sp³-hybridized carbons (Fsp3) is 0.385. The normalized spacial score (nSPS) is 10.1. The average molecular weight is 206 g/mol. The number of unbranched alkanes of at least 4 members (excludes halogenated alkanes) is 1. The maximum absolute atomic E-state index is 4.07. The summed E-state index contributed by atoms with van der Waals surface area (Å²) < 4.78 is 0. The second kappa shape index (κ2) is 5.92. The van der Waals surface area contributed by atoms with E-state index in [0.29, 0.717) is 0 Å². The second-order valence-corrected chi connectivity index (χ2v) is 4.81. The molecule has 1 rings (SSSR count). The molecule has 0 aliphatic heterocycles. The third-order valence-corrected chi connectivity index (χ3v) is 3.09. The molecule has 1 aromatic rings. The van der Waals surface area contributed by atoms with Gasteiger partial charge in [0.05, 0.1) is 0 Å². The van der Waals surface area contributed by atoms with Crippen molar-refractivity contribution in [3.63, 3.8) is 0 Å². The van der Waals surface area contributed by atoms with Crippen LogP contribution in [0.25, 0.3) is 0 Å². The summed E-state index contributed by atoms with van der Waals surface area (Å²) in [6, 6.07) is 8.62. The fourth-order valence-electron chi connectivity index (χ4n) is 1.20. The molecule has 14 heavy (non-hydrogen) atoms. The van der Waals surface area contributed by atoms with Gasteiger partial charge in [-0.15, -0.1) is 0 Å². The standard InChI is InChI=1S/C13H18S/c1-4-5-6-12(3)14-13-9-7-11(2)8-10-13/h7-10H,3-6H2,1-2H3. The lowest BCUT2D eigenvalue weighted by molar-refractivity contribution is 0.810. The predicted octanol–water partition coefficient (Wildman–Crippen LogP) is 4.79. The van der Waals surface area contributed by atoms with E-state index in [-0.39, 0.29) is 0 Å². The number of benzene rings is 1. The maximum atomic E-state index is 4.07. The van der Waals surface area contributed by atoms with E-state index in [1.807, 2.05) is 0 Å². The van der Waals surface area contributed by atoms with Crippen molar-refractivity contribution >= 4 is 11.8 Å². The fourth-order valence-corrected chi connectivity index (χ4v) is 2.05. The minimum absolute atomic E-state index is 1.13. The molecule has 0 saturated heterocycles. The first-order valence-corrected chi connectivity index (χ1v) is 5.96. The Hall–Kier alpha value is -0.690. The van der Waals surface area contributed by atoms with Gasteiger partial charge in [-0.05, 0) is 36.8 Å². The highest BCUT2D eigenvalue weighted by molar-refractivity contribution is 8.03. The van der Waals surface area contributed by atoms with Crippen molar-refractivity contribution in [2.75, 3.05) is 0 Å². The average Bonchev–Trinajstić information content (AvgIpc) is 2.18. The number of hydrogen-bond donors (Lipinski definition) is 0. The zero-order chi connectivity index (χ0) is 10.4. The van der Waals surface area contributed by atoms with E-state index in [4.69, 9.17) is 0 Å². The van der Waals surface area contributed by atoms with Crippen molar-refractivity contribution in [2.45, 2.75) is 38.0 Å². The molecule has 0 N–H and O–H groups in total. The van der Waals surface area contributed by atoms with E-state index in [2.05, 4.69) is 44.7 Å². The molecule has 1 heteroatoms. The summed E-state index contributed by atoms with van der Waals surface area (Å²) in [6.45, 7) is 8.40. The van der Waals surface area contributed by atoms with Gasteiger partial charge in [-0.25, -0.2) is 0 Å². The molecular formula is C13H18S. The molecule has 0 saturated carbocycles. The van der Waals surface area contributed by atoms with Crippen LogP contribution in [0.1, 0.15) is 31.7 Å². The van der Waals surface area contributed by atoms with Crippen LogP contribution >= 0.6 is 11.8 Å². The highest BCUT2D eigenvalue weighted by atomic mass is 32.2. The number of hydrogen-bond acceptors (Lipinski definition) is 1. The SMILES string of the molecule is C=C(CCCC)Sc1ccc(C)cc1. The zero-order valence-electron chi connectivity index (χ0n) is 9.05. The van der Waals surface area contributed by atoms with Crippen LogP contribution in [0.15, 0.2) is 40.6 Å². The van der Waals surface area contributed by atoms with Crippen LogP contribution in [-0.2, 0) is 0 Å². The van der Waals surface area contributed by atoms with E-state index in [1.54, 1.807) is 11.8 Å². The Labute approximate surface area is 91.4 Å². The summed E-state index contributed by atoms with van der Waals surface area (Å²) in [5, 5.41) is 0. The lowest BCUT2D eigenvalue weighted by Gasteiger charge is -2.04. The van der Waals surface area contributed by atoms with Crippen molar-refractivity contribution in [1.29, 1.82) is 0 Å². The van der Waals surface area contributed by atoms with Gasteiger partial charge in [0.15, 0.2) is 0 Å². The van der Waals surface area contributed by atoms with Gasteiger partial charge in [-0.3, -0.25) is 0 Å². The van der Waals surface area contributed by atoms with Crippen molar-refractivity contribution in [1.82, 2.24) is 0 Å². The summed E-state index contributed by atoms with van der Waals surface area (Å²) >= 11 is 1.80. The van der Waals surface area contributed by atoms with E-state index < -0.39 is 0 Å². The third-order valence-electron chi connectivity index (χ3n) is 2.09. The molecule has 0 unspecified atom stereocenters. The Bertz CT molecular complexity index is 285. The van der Waals surface area contributed by atoms with Gasteiger partial charge in [-0.1, -0.05) is 49.4 Å². The molecule has 1 aromatic carbocycles. The van der Waals surface area contributed by atoms with Crippen LogP contribution in [-0.4, -0.2) is 0 Å². The first kappa shape index (κ1) is 11.4. The number of allylic oxidation sites excluding steroid dienone is 1. The molecule has 0 atom stereocenters. The van der Waals surface area contributed by atoms with E-state index in [1.165, 1.54) is 28.2 Å². The molecule has 0 bridgehead atoms. The third kappa shape index (κ3) is 4.01. The highest BCUT2D eigenvalue weighted by Gasteiger charge is 1.97. The Morgan fingerprint density at radius 3 is 2.50 bits per heavy atom. The first-order valence-electron chi connectivity index (χ1n) is 5.14. The maximum Gasteiger partial charge on any atom is 0.0119 e. The van der Waals surface area contributed by atoms with Gasteiger partial charge >= 0.3 is 0 Å². The Kier molecular flexibility index (Phi) is 4.81. The van der Waals surface area contributed by atoms with Gasteiger partial charge in [0.25, 0.3) is 0 Å². The number of rotatable bonds is 5. The molecule has 0 aromatic heterocycles. The molecule has 0 heterocycles. The number of aryl methyl sites for hydroxylation is 1. The Morgan fingerprint density at radius 2 is 1.93 bits per heavy atom. The lowest BCUT2D eigenvalue weighted by Crippen LogP contribution is -1.78. The largest absolute Gasteiger partial charge is 0.0952 e. The Balaban J connectivity index is 2.44. The van der Waals surface area contributed by atoms with Crippen LogP contribution in [0, 0.1) is 6.92 Å². The molecule has 0 aliphatic rings. The quantitative estimate of drug-likeness (QED) is 0.624. The summed E-state index contributed by atoms with van der Waals surface area (Å²) in [4.78, 5) is 2.58. The zero-order valence-corrected chi connectivity index (χ0v) is 9.86. The first-order chi connectivity index (χ1) is 6.72. The summed E-state index contributed by atoms with van der Waals surface area (Å²) in [6.07, 6.45) is 3.63. The van der Waals surface area contributed by atoms with Gasteiger partial charge in [0.2, 0.25) is 0 Å². The monoisotopic (exact) mass is 206 g/mol. The summed E-state index contributed by atoms with van der Waals surface area (Å²) in [5.41, 5.74) is 1.31. The summed E-state index contributed by atoms with van der Waals surface area (Å²) in [7, 11) is 0. The molecule has 0 amide bonds. The number of thioether (sulfide) groups is 1. The van der Waals surface area contributed by atoms with E-state index in [9.17, 15) is 0 Å². The van der Waals surface area contributed by atoms with Crippen LogP contribution in [0.4, 0.5) is 0 Å². The second-order valence-electron chi connectivity index (χ2n) is 3.56. The highest BCUT2D eigenvalue weighted by Crippen LogP contribution is 2.28. The van der Waals surface area contributed by atoms with Crippen molar-refractivity contribution < 1.29 is 0 Å². The van der Waals surface area contributed by atoms with Crippen LogP contribution < -0.4 is 0 Å². The van der Waals surface area contributed by atoms with Crippen LogP contribution in [0.3, 0.4) is 0 Å². The molecule has 0 fully saturated rings. The molecule has 76 valence electrons. The molecule has 0 nitrogen and oxygen atoms in total. The molecule has 0 spiro atoms. The smallest absolute Gasteiger partial charge is 0.0119 e. The van der Waals surface area contributed by atoms with Gasteiger partial charge in [0, 0.05) is 4.90 Å². The summed E-state index contributed by atoms with van der Waals surface area (Å²) in [5.74, 6) is 0. The lowest BCUT2D eigenvalue weighted by atomic mass is 10.2.